The van der Waals surface area contributed by atoms with Crippen LogP contribution < -0.4 is 75.4 Å². The molecule has 0 aliphatic carbocycles. The molecule has 0 fully saturated rings. The molecule has 1 heterocycles. The Bertz CT molecular complexity index is 242. The minimum absolute atomic E-state index is 0. The third kappa shape index (κ3) is 3.59. The number of carbonyl (C=O) groups is 1. The summed E-state index contributed by atoms with van der Waals surface area (Å²) in [5.74, 6) is -2.78. The molecule has 0 radical (unpaired) electrons. The summed E-state index contributed by atoms with van der Waals surface area (Å²) in [4.78, 5) is 10.5. The van der Waals surface area contributed by atoms with Gasteiger partial charge in [-0.25, -0.2) is 4.79 Å². The van der Waals surface area contributed by atoms with E-state index in [-0.39, 0.29) is 75.4 Å². The first-order valence-electron chi connectivity index (χ1n) is 3.20. The molecule has 0 aromatic rings. The maximum absolute atomic E-state index is 10.5. The number of halogens is 1. The summed E-state index contributed by atoms with van der Waals surface area (Å²) >= 11 is 0. The van der Waals surface area contributed by atoms with Crippen molar-refractivity contribution in [1.82, 2.24) is 0 Å². The maximum Gasteiger partial charge on any atom is 1.00 e. The molecule has 6 nitrogen and oxygen atoms in total. The topological polar surface area (TPSA) is 107 Å². The van der Waals surface area contributed by atoms with E-state index in [2.05, 4.69) is 4.74 Å². The molecule has 0 bridgehead atoms. The van der Waals surface area contributed by atoms with Crippen molar-refractivity contribution < 1.29 is 105 Å². The average Bonchev–Trinajstić information content (AvgIpc) is 2.32. The monoisotopic (exact) mass is 342 g/mol. The van der Waals surface area contributed by atoms with E-state index in [0.29, 0.717) is 0 Å². The molecule has 1 rings (SSSR count). The van der Waals surface area contributed by atoms with Gasteiger partial charge in [0.2, 0.25) is 5.76 Å². The predicted octanol–water partition coefficient (Wildman–Crippen LogP) is -7.40. The SMILES string of the molecule is O=C1O[C@H]([C@@H](O)CO)C(O)=C1O.[I-].[K+]. The van der Waals surface area contributed by atoms with Gasteiger partial charge in [-0.2, -0.15) is 0 Å². The molecule has 0 aromatic carbocycles. The zero-order chi connectivity index (χ0) is 9.30. The number of hydrogen-bond acceptors (Lipinski definition) is 6. The summed E-state index contributed by atoms with van der Waals surface area (Å²) in [5.41, 5.74) is 0. The molecule has 0 saturated heterocycles. The second kappa shape index (κ2) is 7.38. The number of ether oxygens (including phenoxy) is 1. The first kappa shape index (κ1) is 17.5. The first-order valence-corrected chi connectivity index (χ1v) is 3.20. The van der Waals surface area contributed by atoms with Gasteiger partial charge in [0.25, 0.3) is 0 Å². The van der Waals surface area contributed by atoms with Crippen LogP contribution in [0.5, 0.6) is 0 Å². The van der Waals surface area contributed by atoms with E-state index < -0.39 is 36.3 Å². The molecule has 0 amide bonds. The fraction of sp³-hybridized carbons (Fsp3) is 0.500. The van der Waals surface area contributed by atoms with Crippen molar-refractivity contribution in [3.05, 3.63) is 11.5 Å². The van der Waals surface area contributed by atoms with Gasteiger partial charge >= 0.3 is 57.4 Å². The second-order valence-electron chi connectivity index (χ2n) is 2.31. The van der Waals surface area contributed by atoms with Crippen LogP contribution in [0.15, 0.2) is 11.5 Å². The van der Waals surface area contributed by atoms with Crippen LogP contribution in [0.2, 0.25) is 0 Å². The summed E-state index contributed by atoms with van der Waals surface area (Å²) in [7, 11) is 0. The van der Waals surface area contributed by atoms with E-state index in [4.69, 9.17) is 20.4 Å². The molecule has 1 aliphatic heterocycles. The van der Waals surface area contributed by atoms with Crippen LogP contribution in [0.1, 0.15) is 0 Å². The van der Waals surface area contributed by atoms with E-state index >= 15 is 0 Å². The predicted molar refractivity (Wildman–Crippen MR) is 35.3 cm³/mol. The van der Waals surface area contributed by atoms with Gasteiger partial charge in [-0.15, -0.1) is 0 Å². The van der Waals surface area contributed by atoms with Crippen molar-refractivity contribution in [2.45, 2.75) is 12.2 Å². The Hall–Kier alpha value is 1.10. The van der Waals surface area contributed by atoms with Crippen LogP contribution in [0, 0.1) is 0 Å². The molecule has 8 heteroatoms. The summed E-state index contributed by atoms with van der Waals surface area (Å²) in [6.07, 6.45) is -2.78. The fourth-order valence-corrected chi connectivity index (χ4v) is 0.823. The minimum atomic E-state index is -1.42. The number of cyclic esters (lactones) is 1. The van der Waals surface area contributed by atoms with Crippen molar-refractivity contribution in [3.63, 3.8) is 0 Å². The van der Waals surface area contributed by atoms with Crippen molar-refractivity contribution in [3.8, 4) is 0 Å². The smallest absolute Gasteiger partial charge is 1.00 e. The average molecular weight is 342 g/mol. The third-order valence-electron chi connectivity index (χ3n) is 1.48. The van der Waals surface area contributed by atoms with Crippen LogP contribution in [-0.2, 0) is 9.53 Å². The van der Waals surface area contributed by atoms with Crippen LogP contribution in [0.4, 0.5) is 0 Å². The van der Waals surface area contributed by atoms with Crippen LogP contribution in [-0.4, -0.2) is 45.2 Å². The fourth-order valence-electron chi connectivity index (χ4n) is 0.823. The van der Waals surface area contributed by atoms with Crippen molar-refractivity contribution >= 4 is 5.97 Å². The Labute approximate surface area is 139 Å². The van der Waals surface area contributed by atoms with Crippen LogP contribution >= 0.6 is 0 Å². The Kier molecular flexibility index (Phi) is 9.22. The Morgan fingerprint density at radius 2 is 1.93 bits per heavy atom. The van der Waals surface area contributed by atoms with Gasteiger partial charge in [0.05, 0.1) is 6.61 Å². The molecule has 0 saturated carbocycles. The van der Waals surface area contributed by atoms with Gasteiger partial charge < -0.3 is 49.1 Å². The standard InChI is InChI=1S/C6H8O6.HI.K/c7-1-2(8)5-3(9)4(10)6(11)12-5;;/h2,5,7-10H,1H2;1H;/q;;+1/p-1/t2-,5+;;/m0../s1. The Morgan fingerprint density at radius 3 is 2.21 bits per heavy atom. The number of aliphatic hydroxyl groups is 4. The van der Waals surface area contributed by atoms with Gasteiger partial charge in [0, 0.05) is 0 Å². The van der Waals surface area contributed by atoms with Gasteiger partial charge in [0.15, 0.2) is 11.9 Å². The molecule has 0 aromatic heterocycles. The van der Waals surface area contributed by atoms with Crippen molar-refractivity contribution in [2.75, 3.05) is 6.61 Å². The first-order chi connectivity index (χ1) is 5.57. The molecule has 0 unspecified atom stereocenters. The molecule has 4 N–H and O–H groups in total. The van der Waals surface area contributed by atoms with Crippen LogP contribution in [0.3, 0.4) is 0 Å². The number of rotatable bonds is 2. The normalized spacial score (nSPS) is 22.1. The van der Waals surface area contributed by atoms with E-state index in [1.165, 1.54) is 0 Å². The molecular weight excluding hydrogens is 334 g/mol. The van der Waals surface area contributed by atoms with E-state index in [0.717, 1.165) is 0 Å². The summed E-state index contributed by atoms with van der Waals surface area (Å²) in [6.45, 7) is -0.671. The van der Waals surface area contributed by atoms with Gasteiger partial charge in [-0.3, -0.25) is 0 Å². The quantitative estimate of drug-likeness (QED) is 0.226. The molecule has 0 spiro atoms. The Morgan fingerprint density at radius 1 is 1.43 bits per heavy atom. The molecule has 76 valence electrons. The van der Waals surface area contributed by atoms with Gasteiger partial charge in [0.1, 0.15) is 6.10 Å². The van der Waals surface area contributed by atoms with E-state index in [1.54, 1.807) is 0 Å². The molecular formula is C6H8IKO6. The summed E-state index contributed by atoms with van der Waals surface area (Å²) in [5, 5.41) is 35.0. The Balaban J connectivity index is 0. The van der Waals surface area contributed by atoms with Gasteiger partial charge in [-0.05, 0) is 0 Å². The number of aliphatic hydroxyl groups excluding tert-OH is 4. The van der Waals surface area contributed by atoms with Gasteiger partial charge in [-0.1, -0.05) is 0 Å². The number of esters is 1. The molecule has 1 aliphatic rings. The van der Waals surface area contributed by atoms with E-state index in [9.17, 15) is 4.79 Å². The molecule has 14 heavy (non-hydrogen) atoms. The van der Waals surface area contributed by atoms with Crippen molar-refractivity contribution in [2.24, 2.45) is 0 Å². The maximum atomic E-state index is 10.5. The summed E-state index contributed by atoms with van der Waals surface area (Å²) < 4.78 is 4.32. The number of carbonyl (C=O) groups excluding carboxylic acids is 1. The zero-order valence-electron chi connectivity index (χ0n) is 7.35. The second-order valence-corrected chi connectivity index (χ2v) is 2.31. The van der Waals surface area contributed by atoms with Crippen molar-refractivity contribution in [1.29, 1.82) is 0 Å². The zero-order valence-corrected chi connectivity index (χ0v) is 12.6. The third-order valence-corrected chi connectivity index (χ3v) is 1.48. The van der Waals surface area contributed by atoms with Crippen LogP contribution in [0.25, 0.3) is 0 Å². The largest absolute Gasteiger partial charge is 1.00 e. The van der Waals surface area contributed by atoms with E-state index in [1.807, 2.05) is 0 Å². The summed E-state index contributed by atoms with van der Waals surface area (Å²) in [6, 6.07) is 0. The minimum Gasteiger partial charge on any atom is -1.00 e. The molecule has 2 atom stereocenters. The number of hydrogen-bond donors (Lipinski definition) is 4.